The van der Waals surface area contributed by atoms with Crippen molar-refractivity contribution in [1.29, 1.82) is 0 Å². The average molecular weight is 1610 g/mol. The highest BCUT2D eigenvalue weighted by atomic mass is 127. The van der Waals surface area contributed by atoms with Gasteiger partial charge in [-0.1, -0.05) is 69.3 Å². The standard InChI is InChI=1S/C22H41BrN2O5Si2.C22H21F3N4O9.C17H18IN3O8/c1-21(2,3)31(7,8)28-14-17-16(30-32(9,10)22(4,5)6)11-18(29-17)25-13-15(12-23)19(26)24-20(25)27;23-22(24,25)20(33)26-5-1-2-12-3-4-13(15(6-12)29(35)36)10-37-11-14-8-28(21(34)27-19(14)32)18-7-16(31)17(9-30)38-18;18-11-2-1-9(12(3-11)21(26)27)7-28-8-10-5-20(17(25)19-16(10)24)15-4-13(23)14(6-22)29-15/h13,16-18H,11-12,14H2,1-10H3,(H,24,26,27);3-4,6,8,16-18,30-31H,5,7,9-11H2,(H,26,33)(H,27,32,34);1-3,5,13-15,22-23H,4,6-8H2,(H,19,24,25)/t2*16-,17-,18-;13-,14-,15-/m111/s1. The molecular weight excluding hydrogens is 1530 g/mol. The van der Waals surface area contributed by atoms with Crippen LogP contribution in [0.3, 0.4) is 0 Å². The number of alkyl halides is 4. The van der Waals surface area contributed by atoms with E-state index in [9.17, 15) is 87.4 Å². The maximum atomic E-state index is 12.6. The average Bonchev–Trinajstić information content (AvgIpc) is 1.68. The minimum absolute atomic E-state index is 0.00634. The van der Waals surface area contributed by atoms with Crippen LogP contribution in [0.1, 0.15) is 113 Å². The van der Waals surface area contributed by atoms with Crippen LogP contribution in [-0.2, 0) is 69.1 Å². The van der Waals surface area contributed by atoms with Crippen LogP contribution in [0.5, 0.6) is 0 Å². The minimum Gasteiger partial charge on any atom is -0.414 e. The van der Waals surface area contributed by atoms with Crippen LogP contribution in [0.4, 0.5) is 24.5 Å². The summed E-state index contributed by atoms with van der Waals surface area (Å²) in [6.45, 7) is 20.1. The second-order valence-electron chi connectivity index (χ2n) is 26.3. The lowest BCUT2D eigenvalue weighted by molar-refractivity contribution is -0.386. The number of aromatic amines is 3. The van der Waals surface area contributed by atoms with Gasteiger partial charge in [-0.05, 0) is 83.1 Å². The van der Waals surface area contributed by atoms with E-state index < -0.39 is 135 Å². The van der Waals surface area contributed by atoms with Gasteiger partial charge in [-0.15, -0.1) is 0 Å². The van der Waals surface area contributed by atoms with Gasteiger partial charge in [-0.25, -0.2) is 14.4 Å². The number of hydrogen-bond donors (Lipinski definition) is 8. The Morgan fingerprint density at radius 2 is 1.08 bits per heavy atom. The predicted molar refractivity (Wildman–Crippen MR) is 365 cm³/mol. The summed E-state index contributed by atoms with van der Waals surface area (Å²) in [5, 5.41) is 62.8. The summed E-state index contributed by atoms with van der Waals surface area (Å²) in [5.41, 5.74) is -3.14. The van der Waals surface area contributed by atoms with Crippen molar-refractivity contribution in [2.45, 2.75) is 190 Å². The van der Waals surface area contributed by atoms with Gasteiger partial charge in [-0.2, -0.15) is 13.2 Å². The van der Waals surface area contributed by atoms with Gasteiger partial charge in [0.05, 0.1) is 103 Å². The van der Waals surface area contributed by atoms with Crippen molar-refractivity contribution >= 4 is 72.4 Å². The molecule has 31 nitrogen and oxygen atoms in total. The van der Waals surface area contributed by atoms with E-state index in [1.807, 2.05) is 22.6 Å². The molecule has 544 valence electrons. The van der Waals surface area contributed by atoms with Gasteiger partial charge in [0.25, 0.3) is 28.1 Å². The number of benzene rings is 2. The number of nitrogens with zero attached hydrogens (tertiary/aromatic N) is 5. The molecule has 38 heteroatoms. The fourth-order valence-corrected chi connectivity index (χ4v) is 12.8. The lowest BCUT2D eigenvalue weighted by Gasteiger charge is -2.40. The monoisotopic (exact) mass is 1610 g/mol. The smallest absolute Gasteiger partial charge is 0.414 e. The molecule has 0 radical (unpaired) electrons. The minimum atomic E-state index is -5.06. The van der Waals surface area contributed by atoms with Gasteiger partial charge in [0, 0.05) is 70.0 Å². The number of aliphatic hydroxyl groups is 4. The third kappa shape index (κ3) is 21.7. The molecule has 1 amide bonds. The zero-order valence-corrected chi connectivity index (χ0v) is 61.4. The molecule has 5 aromatic rings. The van der Waals surface area contributed by atoms with E-state index in [0.29, 0.717) is 33.1 Å². The number of aliphatic hydroxyl groups excluding tert-OH is 4. The van der Waals surface area contributed by atoms with Gasteiger partial charge in [-0.3, -0.25) is 68.1 Å². The molecule has 9 atom stereocenters. The number of nitro benzene ring substituents is 2. The molecule has 3 aliphatic heterocycles. The van der Waals surface area contributed by atoms with Crippen LogP contribution >= 0.6 is 38.5 Å². The van der Waals surface area contributed by atoms with Crippen LogP contribution in [0.15, 0.2) is 83.8 Å². The molecule has 8 rings (SSSR count). The topological polar surface area (TPSA) is 425 Å². The maximum Gasteiger partial charge on any atom is 0.471 e. The number of carbonyl (C=O) groups excluding carboxylic acids is 1. The second kappa shape index (κ2) is 34.3. The van der Waals surface area contributed by atoms with Crippen LogP contribution < -0.4 is 39.1 Å². The molecule has 3 saturated heterocycles. The SMILES string of the molecule is CC(C)(C)[Si](C)(C)OC[C@H]1O[C@@H](n2cc(CBr)c(=O)[nH]c2=O)C[C@H]1O[Si](C)(C)C(C)(C)C.O=C(NCC#Cc1ccc(COCc2cn([C@H]3C[C@@H](O)[C@@H](CO)O3)c(=O)[nH]c2=O)c([N+](=O)[O-])c1)C(F)(F)F.O=c1[nH]c(=O)n([C@H]2C[C@@H](O)[C@@H](CO)O2)cc1COCc1ccc(I)cc1[N+](=O)[O-]. The van der Waals surface area contributed by atoms with Gasteiger partial charge >= 0.3 is 29.2 Å². The molecule has 3 aliphatic rings. The number of rotatable bonds is 22. The molecule has 0 spiro atoms. The van der Waals surface area contributed by atoms with Crippen LogP contribution in [0.2, 0.25) is 36.3 Å². The Bertz CT molecular complexity index is 4140. The molecule has 6 heterocycles. The molecule has 0 aliphatic carbocycles. The first-order valence-corrected chi connectivity index (χ1v) is 38.8. The summed E-state index contributed by atoms with van der Waals surface area (Å²) < 4.78 is 82.2. The second-order valence-corrected chi connectivity index (χ2v) is 37.6. The molecule has 3 fully saturated rings. The van der Waals surface area contributed by atoms with Crippen molar-refractivity contribution in [3.8, 4) is 11.8 Å². The summed E-state index contributed by atoms with van der Waals surface area (Å²) in [4.78, 5) is 112. The maximum absolute atomic E-state index is 12.6. The van der Waals surface area contributed by atoms with Crippen LogP contribution in [-0.4, -0.2) is 151 Å². The molecule has 2 aromatic carbocycles. The molecule has 0 bridgehead atoms. The van der Waals surface area contributed by atoms with E-state index in [2.05, 4.69) is 110 Å². The van der Waals surface area contributed by atoms with Crippen molar-refractivity contribution in [1.82, 2.24) is 34.0 Å². The van der Waals surface area contributed by atoms with E-state index in [1.165, 1.54) is 35.2 Å². The largest absolute Gasteiger partial charge is 0.471 e. The summed E-state index contributed by atoms with van der Waals surface area (Å²) in [5.74, 6) is 2.51. The normalized spacial score (nSPS) is 21.0. The van der Waals surface area contributed by atoms with Crippen molar-refractivity contribution < 1.29 is 80.8 Å². The Hall–Kier alpha value is -6.70. The Kier molecular flexibility index (Phi) is 28.2. The zero-order chi connectivity index (χ0) is 73.9. The Labute approximate surface area is 587 Å². The fraction of sp³-hybridized carbons (Fsp3) is 0.557. The van der Waals surface area contributed by atoms with E-state index >= 15 is 0 Å². The highest BCUT2D eigenvalue weighted by Gasteiger charge is 2.47. The third-order valence-corrected chi connectivity index (χ3v) is 27.5. The van der Waals surface area contributed by atoms with Crippen molar-refractivity contribution in [2.24, 2.45) is 0 Å². The van der Waals surface area contributed by atoms with Crippen molar-refractivity contribution in [3.63, 3.8) is 0 Å². The molecule has 0 saturated carbocycles. The van der Waals surface area contributed by atoms with Gasteiger partial charge in [0.1, 0.15) is 37.0 Å². The summed E-state index contributed by atoms with van der Waals surface area (Å²) in [7, 11) is -4.05. The molecule has 99 heavy (non-hydrogen) atoms. The highest BCUT2D eigenvalue weighted by Crippen LogP contribution is 2.43. The summed E-state index contributed by atoms with van der Waals surface area (Å²) in [6.07, 6.45) is -6.88. The lowest BCUT2D eigenvalue weighted by atomic mass is 10.1. The van der Waals surface area contributed by atoms with E-state index in [-0.39, 0.29) is 95.1 Å². The fourth-order valence-electron chi connectivity index (χ4n) is 9.51. The van der Waals surface area contributed by atoms with Gasteiger partial charge in [0.15, 0.2) is 16.6 Å². The highest BCUT2D eigenvalue weighted by molar-refractivity contribution is 14.1. The van der Waals surface area contributed by atoms with Crippen LogP contribution in [0.25, 0.3) is 0 Å². The number of ether oxygens (including phenoxy) is 5. The number of nitrogens with one attached hydrogen (secondary N) is 4. The summed E-state index contributed by atoms with van der Waals surface area (Å²) in [6, 6.07) is 8.45. The third-order valence-electron chi connectivity index (χ3n) is 17.2. The number of carbonyl (C=O) groups is 1. The predicted octanol–water partition coefficient (Wildman–Crippen LogP) is 5.37. The van der Waals surface area contributed by atoms with E-state index in [4.69, 9.17) is 32.5 Å². The Morgan fingerprint density at radius 3 is 1.51 bits per heavy atom. The number of H-pyrrole nitrogens is 3. The first kappa shape index (κ1) is 81.3. The van der Waals surface area contributed by atoms with Gasteiger partial charge < -0.3 is 58.3 Å². The number of nitro groups is 2. The Morgan fingerprint density at radius 1 is 0.667 bits per heavy atom. The number of hydrogen-bond acceptors (Lipinski definition) is 22. The molecule has 0 unspecified atom stereocenters. The quantitative estimate of drug-likeness (QED) is 0.0108. The molecule has 8 N–H and O–H groups in total. The van der Waals surface area contributed by atoms with Crippen LogP contribution in [0, 0.1) is 35.6 Å². The molecule has 3 aromatic heterocycles. The number of amides is 1. The zero-order valence-electron chi connectivity index (χ0n) is 55.6. The van der Waals surface area contributed by atoms with Crippen molar-refractivity contribution in [3.05, 3.63) is 175 Å². The summed E-state index contributed by atoms with van der Waals surface area (Å²) >= 11 is 5.28. The van der Waals surface area contributed by atoms with E-state index in [1.54, 1.807) is 23.6 Å². The Balaban J connectivity index is 0.000000236. The first-order valence-electron chi connectivity index (χ1n) is 30.7. The van der Waals surface area contributed by atoms with E-state index in [0.717, 1.165) is 15.2 Å². The van der Waals surface area contributed by atoms with Crippen molar-refractivity contribution in [2.75, 3.05) is 26.4 Å². The number of aromatic nitrogens is 6. The number of halogens is 5. The van der Waals surface area contributed by atoms with Gasteiger partial charge in [0.2, 0.25) is 0 Å². The first-order chi connectivity index (χ1) is 46.1. The lowest BCUT2D eigenvalue weighted by Crippen LogP contribution is -2.48. The molecular formula is C61H80BrF3IN9O22Si2.